The highest BCUT2D eigenvalue weighted by molar-refractivity contribution is 6.48. The molecule has 0 aromatic rings. The van der Waals surface area contributed by atoms with E-state index < -0.39 is 14.6 Å². The number of nitrogens with zero attached hydrogens (tertiary/aromatic N) is 1. The number of carbonyl (C=O) groups excluding carboxylic acids is 1. The second kappa shape index (κ2) is 9.37. The highest BCUT2D eigenvalue weighted by Crippen LogP contribution is 2.26. The van der Waals surface area contributed by atoms with E-state index in [1.54, 1.807) is 4.90 Å². The van der Waals surface area contributed by atoms with E-state index in [1.165, 1.54) is 0 Å². The van der Waals surface area contributed by atoms with Crippen LogP contribution in [0.3, 0.4) is 0 Å². The lowest BCUT2D eigenvalue weighted by Gasteiger charge is -2.35. The van der Waals surface area contributed by atoms with Crippen molar-refractivity contribution in [3.63, 3.8) is 0 Å². The molecule has 1 rings (SSSR count). The van der Waals surface area contributed by atoms with Crippen molar-refractivity contribution in [2.45, 2.75) is 91.7 Å². The lowest BCUT2D eigenvalue weighted by Crippen LogP contribution is -2.43. The molecule has 1 fully saturated rings. The zero-order chi connectivity index (χ0) is 19.3. The minimum absolute atomic E-state index is 0.140. The van der Waals surface area contributed by atoms with Gasteiger partial charge in [0.2, 0.25) is 0 Å². The molecule has 148 valence electrons. The summed E-state index contributed by atoms with van der Waals surface area (Å²) in [6, 6.07) is 0. The molecule has 1 unspecified atom stereocenters. The molecule has 5 nitrogen and oxygen atoms in total. The van der Waals surface area contributed by atoms with E-state index >= 15 is 0 Å². The quantitative estimate of drug-likeness (QED) is 0.655. The van der Waals surface area contributed by atoms with Crippen LogP contribution in [0.4, 0.5) is 4.79 Å². The summed E-state index contributed by atoms with van der Waals surface area (Å²) in [5.41, 5.74) is -0.299. The maximum Gasteiger partial charge on any atom is 0.410 e. The van der Waals surface area contributed by atoms with Gasteiger partial charge in [-0.1, -0.05) is 20.8 Å². The van der Waals surface area contributed by atoms with Gasteiger partial charge in [0, 0.05) is 19.7 Å². The third-order valence-corrected chi connectivity index (χ3v) is 5.10. The zero-order valence-electron chi connectivity index (χ0n) is 17.6. The first-order valence-corrected chi connectivity index (χ1v) is 12.4. The third kappa shape index (κ3) is 9.06. The van der Waals surface area contributed by atoms with Gasteiger partial charge in [-0.25, -0.2) is 4.79 Å². The van der Waals surface area contributed by atoms with Crippen molar-refractivity contribution in [3.05, 3.63) is 0 Å². The van der Waals surface area contributed by atoms with E-state index in [9.17, 15) is 4.79 Å². The molecule has 1 aliphatic heterocycles. The Bertz CT molecular complexity index is 407. The Hall–Kier alpha value is -0.593. The lowest BCUT2D eigenvalue weighted by molar-refractivity contribution is -0.0257. The van der Waals surface area contributed by atoms with Crippen molar-refractivity contribution < 1.29 is 18.7 Å². The summed E-state index contributed by atoms with van der Waals surface area (Å²) in [6.45, 7) is 18.9. The number of hydrogen-bond donors (Lipinski definition) is 0. The average molecular weight is 374 g/mol. The van der Waals surface area contributed by atoms with Crippen molar-refractivity contribution >= 4 is 15.1 Å². The highest BCUT2D eigenvalue weighted by Gasteiger charge is 2.29. The number of rotatable bonds is 6. The predicted octanol–water partition coefficient (Wildman–Crippen LogP) is 4.21. The Morgan fingerprint density at radius 2 is 1.68 bits per heavy atom. The van der Waals surface area contributed by atoms with Crippen LogP contribution in [0.1, 0.15) is 60.8 Å². The van der Waals surface area contributed by atoms with Crippen LogP contribution in [0.5, 0.6) is 0 Å². The smallest absolute Gasteiger partial charge is 0.410 e. The van der Waals surface area contributed by atoms with Crippen molar-refractivity contribution in [1.82, 2.24) is 4.90 Å². The molecule has 1 saturated heterocycles. The summed E-state index contributed by atoms with van der Waals surface area (Å²) in [5.74, 6) is 0. The van der Waals surface area contributed by atoms with Crippen LogP contribution in [0.15, 0.2) is 0 Å². The fraction of sp³-hybridized carbons (Fsp3) is 0.947. The van der Waals surface area contributed by atoms with E-state index in [0.717, 1.165) is 25.9 Å². The zero-order valence-corrected chi connectivity index (χ0v) is 18.7. The molecule has 1 heterocycles. The third-order valence-electron chi connectivity index (χ3n) is 4.23. The first kappa shape index (κ1) is 22.4. The first-order chi connectivity index (χ1) is 11.4. The van der Waals surface area contributed by atoms with Crippen LogP contribution in [-0.4, -0.2) is 57.5 Å². The number of amides is 1. The van der Waals surface area contributed by atoms with Gasteiger partial charge in [0.1, 0.15) is 5.60 Å². The molecule has 0 radical (unpaired) electrons. The predicted molar refractivity (Wildman–Crippen MR) is 105 cm³/mol. The minimum Gasteiger partial charge on any atom is -0.444 e. The molecule has 0 spiro atoms. The molecule has 0 bridgehead atoms. The Morgan fingerprint density at radius 1 is 1.12 bits per heavy atom. The van der Waals surface area contributed by atoms with Crippen LogP contribution in [0, 0.1) is 5.41 Å². The summed E-state index contributed by atoms with van der Waals surface area (Å²) >= 11 is 0. The number of hydrogen-bond acceptors (Lipinski definition) is 4. The fourth-order valence-corrected chi connectivity index (χ4v) is 4.11. The number of likely N-dealkylation sites (tertiary alicyclic amines) is 1. The SMILES string of the molecule is C[SiH](C)OC(CCOC1CCN(C(=O)OC(C)(C)C)CC1)C(C)(C)C. The van der Waals surface area contributed by atoms with Crippen molar-refractivity contribution in [1.29, 1.82) is 0 Å². The fourth-order valence-electron chi connectivity index (χ4n) is 2.91. The van der Waals surface area contributed by atoms with Crippen LogP contribution in [0.2, 0.25) is 13.1 Å². The Kier molecular flexibility index (Phi) is 8.42. The Morgan fingerprint density at radius 3 is 2.12 bits per heavy atom. The van der Waals surface area contributed by atoms with Crippen molar-refractivity contribution in [2.24, 2.45) is 5.41 Å². The molecular weight excluding hydrogens is 334 g/mol. The van der Waals surface area contributed by atoms with Gasteiger partial charge in [-0.05, 0) is 58.5 Å². The molecule has 0 N–H and O–H groups in total. The standard InChI is InChI=1S/C19H39NO4Si/c1-18(2,3)16(24-25(7)8)11-14-22-15-9-12-20(13-10-15)17(21)23-19(4,5)6/h15-16,25H,9-14H2,1-8H3. The van der Waals surface area contributed by atoms with E-state index in [2.05, 4.69) is 33.9 Å². The second-order valence-corrected chi connectivity index (χ2v) is 11.7. The maximum atomic E-state index is 12.1. The average Bonchev–Trinajstić information content (AvgIpc) is 2.43. The largest absolute Gasteiger partial charge is 0.444 e. The van der Waals surface area contributed by atoms with Gasteiger partial charge in [0.15, 0.2) is 9.04 Å². The molecular formula is C19H39NO4Si. The van der Waals surface area contributed by atoms with Crippen LogP contribution < -0.4 is 0 Å². The monoisotopic (exact) mass is 373 g/mol. The highest BCUT2D eigenvalue weighted by atomic mass is 28.3. The summed E-state index contributed by atoms with van der Waals surface area (Å²) in [7, 11) is -1.06. The Labute approximate surface area is 156 Å². The molecule has 0 saturated carbocycles. The molecule has 0 aromatic carbocycles. The van der Waals surface area contributed by atoms with E-state index in [4.69, 9.17) is 13.9 Å². The van der Waals surface area contributed by atoms with Gasteiger partial charge in [-0.2, -0.15) is 0 Å². The molecule has 6 heteroatoms. The molecule has 1 atom stereocenters. The van der Waals surface area contributed by atoms with Gasteiger partial charge < -0.3 is 18.8 Å². The Balaban J connectivity index is 2.33. The topological polar surface area (TPSA) is 48.0 Å². The minimum atomic E-state index is -1.06. The summed E-state index contributed by atoms with van der Waals surface area (Å²) in [6.07, 6.45) is 2.95. The normalized spacial score (nSPS) is 18.5. The van der Waals surface area contributed by atoms with Gasteiger partial charge in [-0.15, -0.1) is 0 Å². The van der Waals surface area contributed by atoms with Gasteiger partial charge in [0.25, 0.3) is 0 Å². The van der Waals surface area contributed by atoms with Gasteiger partial charge >= 0.3 is 6.09 Å². The summed E-state index contributed by atoms with van der Waals surface area (Å²) < 4.78 is 17.7. The molecule has 1 aliphatic rings. The van der Waals surface area contributed by atoms with Gasteiger partial charge in [0.05, 0.1) is 12.2 Å². The number of carbonyl (C=O) groups is 1. The summed E-state index contributed by atoms with van der Waals surface area (Å²) in [5, 5.41) is 0. The van der Waals surface area contributed by atoms with Crippen LogP contribution in [0.25, 0.3) is 0 Å². The lowest BCUT2D eigenvalue weighted by atomic mass is 9.87. The molecule has 25 heavy (non-hydrogen) atoms. The van der Waals surface area contributed by atoms with Crippen LogP contribution >= 0.6 is 0 Å². The van der Waals surface area contributed by atoms with E-state index in [1.807, 2.05) is 20.8 Å². The van der Waals surface area contributed by atoms with Crippen molar-refractivity contribution in [3.8, 4) is 0 Å². The first-order valence-electron chi connectivity index (χ1n) is 9.63. The molecule has 1 amide bonds. The van der Waals surface area contributed by atoms with E-state index in [0.29, 0.717) is 13.1 Å². The summed E-state index contributed by atoms with van der Waals surface area (Å²) in [4.78, 5) is 13.9. The maximum absolute atomic E-state index is 12.1. The molecule has 0 aliphatic carbocycles. The molecule has 0 aromatic heterocycles. The van der Waals surface area contributed by atoms with E-state index in [-0.39, 0.29) is 23.7 Å². The van der Waals surface area contributed by atoms with Crippen LogP contribution in [-0.2, 0) is 13.9 Å². The number of piperidine rings is 1. The second-order valence-electron chi connectivity index (χ2n) is 9.37. The van der Waals surface area contributed by atoms with Crippen molar-refractivity contribution in [2.75, 3.05) is 19.7 Å². The number of ether oxygens (including phenoxy) is 2. The van der Waals surface area contributed by atoms with Gasteiger partial charge in [-0.3, -0.25) is 0 Å².